The fourth-order valence-electron chi connectivity index (χ4n) is 3.00. The second-order valence-corrected chi connectivity index (χ2v) is 22.7. The third-order valence-corrected chi connectivity index (χ3v) is 8.95. The van der Waals surface area contributed by atoms with E-state index >= 15 is 0 Å². The van der Waals surface area contributed by atoms with Gasteiger partial charge in [0.1, 0.15) is 24.8 Å². The van der Waals surface area contributed by atoms with Gasteiger partial charge in [0.15, 0.2) is 5.65 Å². The van der Waals surface area contributed by atoms with E-state index in [0.717, 1.165) is 16.6 Å². The van der Waals surface area contributed by atoms with Crippen LogP contribution in [0.3, 0.4) is 0 Å². The number of carboxylic acid groups (broad SMARTS) is 1. The topological polar surface area (TPSA) is 89.7 Å². The van der Waals surface area contributed by atoms with Gasteiger partial charge >= 0.3 is 6.09 Å². The molecule has 0 radical (unpaired) electrons. The van der Waals surface area contributed by atoms with E-state index in [2.05, 4.69) is 60.2 Å². The molecule has 1 amide bonds. The molecule has 0 fully saturated rings. The summed E-state index contributed by atoms with van der Waals surface area (Å²) < 4.78 is 14.4. The van der Waals surface area contributed by atoms with E-state index in [0.29, 0.717) is 30.2 Å². The van der Waals surface area contributed by atoms with Crippen molar-refractivity contribution in [2.24, 2.45) is 0 Å². The molecule has 8 nitrogen and oxygen atoms in total. The molecule has 32 heavy (non-hydrogen) atoms. The Bertz CT molecular complexity index is 912. The lowest BCUT2D eigenvalue weighted by Crippen LogP contribution is -2.36. The highest BCUT2D eigenvalue weighted by Gasteiger charge is 2.27. The number of aromatic nitrogens is 3. The van der Waals surface area contributed by atoms with Crippen molar-refractivity contribution in [2.75, 3.05) is 19.9 Å². The Morgan fingerprint density at radius 1 is 1.16 bits per heavy atom. The maximum atomic E-state index is 12.0. The molecule has 2 rings (SSSR count). The summed E-state index contributed by atoms with van der Waals surface area (Å²) in [5.74, 6) is 0.592. The molecule has 0 aliphatic carbocycles. The highest BCUT2D eigenvalue weighted by Crippen LogP contribution is 2.26. The number of hydrogen-bond donors (Lipinski definition) is 1. The van der Waals surface area contributed by atoms with E-state index in [1.165, 1.54) is 4.90 Å². The Labute approximate surface area is 201 Å². The van der Waals surface area contributed by atoms with Crippen molar-refractivity contribution in [2.45, 2.75) is 71.1 Å². The van der Waals surface area contributed by atoms with E-state index in [4.69, 9.17) is 14.5 Å². The van der Waals surface area contributed by atoms with Gasteiger partial charge in [-0.2, -0.15) is 0 Å². The van der Waals surface area contributed by atoms with Crippen molar-refractivity contribution < 1.29 is 19.4 Å². The zero-order chi connectivity index (χ0) is 24.1. The van der Waals surface area contributed by atoms with Crippen LogP contribution in [-0.4, -0.2) is 66.7 Å². The van der Waals surface area contributed by atoms with Crippen LogP contribution in [-0.2, 0) is 16.2 Å². The number of carbonyl (C=O) groups is 1. The van der Waals surface area contributed by atoms with Crippen molar-refractivity contribution in [3.05, 3.63) is 22.6 Å². The predicted octanol–water partition coefficient (Wildman–Crippen LogP) is 5.86. The molecule has 2 aromatic rings. The number of imidazole rings is 1. The summed E-state index contributed by atoms with van der Waals surface area (Å²) in [4.78, 5) is 22.5. The quantitative estimate of drug-likeness (QED) is 0.204. The second kappa shape index (κ2) is 11.2. The van der Waals surface area contributed by atoms with Crippen molar-refractivity contribution in [1.29, 1.82) is 0 Å². The van der Waals surface area contributed by atoms with Crippen LogP contribution < -0.4 is 0 Å². The fraction of sp³-hybridized carbons (Fsp3) is 0.667. The molecule has 11 heteroatoms. The second-order valence-electron chi connectivity index (χ2n) is 10.5. The Morgan fingerprint density at radius 2 is 1.75 bits per heavy atom. The Balaban J connectivity index is 2.23. The normalized spacial score (nSPS) is 13.5. The molecule has 0 bridgehead atoms. The first-order valence-corrected chi connectivity index (χ1v) is 19.2. The largest absolute Gasteiger partial charge is 0.465 e. The smallest absolute Gasteiger partial charge is 0.409 e. The number of pyridine rings is 1. The van der Waals surface area contributed by atoms with Crippen molar-refractivity contribution in [1.82, 2.24) is 19.4 Å². The third kappa shape index (κ3) is 8.25. The van der Waals surface area contributed by atoms with Crippen LogP contribution >= 0.6 is 15.9 Å². The SMILES string of the molecule is C[C@@H](c1nc2cc(Br)cnc2n1COCC[Si](C)(C)C)N(COCC[Si](C)(C)C)C(=O)O. The molecule has 180 valence electrons. The lowest BCUT2D eigenvalue weighted by molar-refractivity contribution is 0.0150. The monoisotopic (exact) mass is 544 g/mol. The molecule has 0 spiro atoms. The van der Waals surface area contributed by atoms with E-state index < -0.39 is 28.3 Å². The number of ether oxygens (including phenoxy) is 2. The molecule has 0 saturated heterocycles. The molecule has 0 aliphatic heterocycles. The summed E-state index contributed by atoms with van der Waals surface area (Å²) >= 11 is 3.44. The molecular weight excluding hydrogens is 508 g/mol. The lowest BCUT2D eigenvalue weighted by atomic mass is 10.3. The van der Waals surface area contributed by atoms with Crippen LogP contribution in [0.25, 0.3) is 11.2 Å². The molecular formula is C21H37BrN4O4Si2. The van der Waals surface area contributed by atoms with E-state index in [-0.39, 0.29) is 13.5 Å². The Morgan fingerprint density at radius 3 is 2.31 bits per heavy atom. The fourth-order valence-corrected chi connectivity index (χ4v) is 4.83. The molecule has 0 unspecified atom stereocenters. The average Bonchev–Trinajstić information content (AvgIpc) is 3.00. The maximum Gasteiger partial charge on any atom is 0.409 e. The predicted molar refractivity (Wildman–Crippen MR) is 137 cm³/mol. The first-order chi connectivity index (χ1) is 14.8. The van der Waals surface area contributed by atoms with Gasteiger partial charge in [-0.15, -0.1) is 0 Å². The minimum Gasteiger partial charge on any atom is -0.465 e. The minimum absolute atomic E-state index is 0.00219. The molecule has 0 aromatic carbocycles. The first-order valence-electron chi connectivity index (χ1n) is 11.0. The van der Waals surface area contributed by atoms with Gasteiger partial charge in [0.2, 0.25) is 0 Å². The summed E-state index contributed by atoms with van der Waals surface area (Å²) in [6.45, 7) is 17.0. The number of rotatable bonds is 12. The number of amides is 1. The molecule has 0 saturated carbocycles. The number of fused-ring (bicyclic) bond motifs is 1. The molecule has 1 N–H and O–H groups in total. The van der Waals surface area contributed by atoms with E-state index in [9.17, 15) is 9.90 Å². The van der Waals surface area contributed by atoms with Crippen LogP contribution in [0.1, 0.15) is 18.8 Å². The first kappa shape index (κ1) is 27.0. The number of hydrogen-bond acceptors (Lipinski definition) is 5. The molecule has 2 heterocycles. The zero-order valence-electron chi connectivity index (χ0n) is 20.3. The van der Waals surface area contributed by atoms with Crippen LogP contribution in [0, 0.1) is 0 Å². The number of nitrogens with zero attached hydrogens (tertiary/aromatic N) is 4. The Kier molecular flexibility index (Phi) is 9.47. The van der Waals surface area contributed by atoms with Gasteiger partial charge in [-0.3, -0.25) is 9.47 Å². The lowest BCUT2D eigenvalue weighted by Gasteiger charge is -2.27. The number of halogens is 1. The summed E-state index contributed by atoms with van der Waals surface area (Å²) in [6, 6.07) is 3.39. The minimum atomic E-state index is -1.25. The van der Waals surface area contributed by atoms with E-state index in [1.54, 1.807) is 6.20 Å². The van der Waals surface area contributed by atoms with Gasteiger partial charge in [-0.1, -0.05) is 39.3 Å². The summed E-state index contributed by atoms with van der Waals surface area (Å²) in [5.41, 5.74) is 1.37. The highest BCUT2D eigenvalue weighted by molar-refractivity contribution is 9.10. The van der Waals surface area contributed by atoms with Crippen molar-refractivity contribution in [3.63, 3.8) is 0 Å². The van der Waals surface area contributed by atoms with Gasteiger partial charge in [0.05, 0.1) is 6.04 Å². The van der Waals surface area contributed by atoms with Crippen LogP contribution in [0.15, 0.2) is 16.7 Å². The summed E-state index contributed by atoms with van der Waals surface area (Å²) in [5, 5.41) is 9.85. The van der Waals surface area contributed by atoms with Crippen molar-refractivity contribution in [3.8, 4) is 0 Å². The van der Waals surface area contributed by atoms with Crippen LogP contribution in [0.5, 0.6) is 0 Å². The van der Waals surface area contributed by atoms with Crippen molar-refractivity contribution >= 4 is 49.3 Å². The summed E-state index contributed by atoms with van der Waals surface area (Å²) in [6.07, 6.45) is 0.670. The van der Waals surface area contributed by atoms with Gasteiger partial charge < -0.3 is 14.6 Å². The van der Waals surface area contributed by atoms with Gasteiger partial charge in [-0.25, -0.2) is 14.8 Å². The molecule has 2 aromatic heterocycles. The summed E-state index contributed by atoms with van der Waals surface area (Å²) in [7, 11) is -2.46. The van der Waals surface area contributed by atoms with E-state index in [1.807, 2.05) is 17.6 Å². The molecule has 1 atom stereocenters. The van der Waals surface area contributed by atoms with Gasteiger partial charge in [0.25, 0.3) is 0 Å². The van der Waals surface area contributed by atoms with Crippen LogP contribution in [0.2, 0.25) is 51.4 Å². The van der Waals surface area contributed by atoms with Gasteiger partial charge in [0, 0.05) is 40.0 Å². The standard InChI is InChI=1S/C21H37BrN4O4Si2/c1-16(25(21(27)28)14-29-8-10-31(2,3)4)19-24-18-12-17(22)13-23-20(18)26(19)15-30-9-11-32(5,6)7/h12-13,16H,8-11,14-15H2,1-7H3,(H,27,28)/t16-/m0/s1. The van der Waals surface area contributed by atoms with Crippen LogP contribution in [0.4, 0.5) is 4.79 Å². The Hall–Kier alpha value is -1.28. The highest BCUT2D eigenvalue weighted by atomic mass is 79.9. The molecule has 0 aliphatic rings. The van der Waals surface area contributed by atoms with Gasteiger partial charge in [-0.05, 0) is 41.0 Å². The third-order valence-electron chi connectivity index (χ3n) is 5.11. The maximum absolute atomic E-state index is 12.0. The zero-order valence-corrected chi connectivity index (χ0v) is 23.9. The average molecular weight is 546 g/mol.